The van der Waals surface area contributed by atoms with Gasteiger partial charge in [-0.15, -0.1) is 0 Å². The second-order valence-electron chi connectivity index (χ2n) is 4.84. The first-order chi connectivity index (χ1) is 9.86. The van der Waals surface area contributed by atoms with E-state index in [1.54, 1.807) is 11.8 Å². The molecule has 0 fully saturated rings. The van der Waals surface area contributed by atoms with Gasteiger partial charge in [0.2, 0.25) is 0 Å². The molecule has 0 bridgehead atoms. The number of allylic oxidation sites excluding steroid dienone is 2. The second-order valence-corrected chi connectivity index (χ2v) is 6.04. The van der Waals surface area contributed by atoms with Gasteiger partial charge in [0.1, 0.15) is 0 Å². The summed E-state index contributed by atoms with van der Waals surface area (Å²) in [5, 5.41) is 13.8. The average Bonchev–Trinajstić information content (AvgIpc) is 2.84. The fourth-order valence-electron chi connectivity index (χ4n) is 2.40. The zero-order valence-electron chi connectivity index (χ0n) is 11.1. The molecule has 0 saturated heterocycles. The summed E-state index contributed by atoms with van der Waals surface area (Å²) in [6.07, 6.45) is 8.10. The number of imidazole rings is 1. The molecule has 0 saturated carbocycles. The summed E-state index contributed by atoms with van der Waals surface area (Å²) < 4.78 is 0. The van der Waals surface area contributed by atoms with Gasteiger partial charge in [-0.3, -0.25) is 0 Å². The maximum absolute atomic E-state index is 9.22. The zero-order valence-corrected chi connectivity index (χ0v) is 11.9. The van der Waals surface area contributed by atoms with Crippen LogP contribution in [-0.2, 0) is 0 Å². The van der Waals surface area contributed by atoms with Crippen LogP contribution in [0.3, 0.4) is 0 Å². The molecule has 1 atom stereocenters. The summed E-state index contributed by atoms with van der Waals surface area (Å²) in [4.78, 5) is 7.90. The molecule has 1 aromatic carbocycles. The van der Waals surface area contributed by atoms with Gasteiger partial charge in [-0.05, 0) is 37.8 Å². The fourth-order valence-corrected chi connectivity index (χ4v) is 3.55. The predicted molar refractivity (Wildman–Crippen MR) is 82.6 cm³/mol. The molecular formula is C15H17N3OS. The molecule has 20 heavy (non-hydrogen) atoms. The minimum absolute atomic E-state index is 0.186. The van der Waals surface area contributed by atoms with Crippen LogP contribution in [0.1, 0.15) is 25.7 Å². The topological polar surface area (TPSA) is 61.3 Å². The molecule has 3 rings (SSSR count). The Morgan fingerprint density at radius 2 is 2.10 bits per heavy atom. The van der Waals surface area contributed by atoms with Gasteiger partial charge >= 0.3 is 0 Å². The molecule has 0 amide bonds. The molecular weight excluding hydrogens is 270 g/mol. The van der Waals surface area contributed by atoms with Crippen LogP contribution in [0.2, 0.25) is 0 Å². The first kappa shape index (κ1) is 13.2. The molecule has 1 aliphatic rings. The molecule has 1 unspecified atom stereocenters. The molecule has 1 aromatic heterocycles. The minimum Gasteiger partial charge on any atom is -0.411 e. The van der Waals surface area contributed by atoms with Crippen LogP contribution in [0.15, 0.2) is 46.7 Å². The van der Waals surface area contributed by atoms with Crippen LogP contribution in [0.5, 0.6) is 0 Å². The van der Waals surface area contributed by atoms with Gasteiger partial charge in [0.15, 0.2) is 5.16 Å². The molecule has 0 aliphatic heterocycles. The molecule has 1 heterocycles. The number of fused-ring (bicyclic) bond motifs is 1. The summed E-state index contributed by atoms with van der Waals surface area (Å²) in [7, 11) is 0. The normalized spacial score (nSPS) is 23.6. The van der Waals surface area contributed by atoms with E-state index in [9.17, 15) is 5.21 Å². The van der Waals surface area contributed by atoms with Crippen LogP contribution in [0, 0.1) is 0 Å². The number of thioether (sulfide) groups is 1. The summed E-state index contributed by atoms with van der Waals surface area (Å²) in [5.41, 5.74) is 2.88. The number of aromatic amines is 1. The number of para-hydroxylation sites is 2. The van der Waals surface area contributed by atoms with Crippen molar-refractivity contribution in [2.75, 3.05) is 0 Å². The van der Waals surface area contributed by atoms with Crippen molar-refractivity contribution in [1.82, 2.24) is 9.97 Å². The monoisotopic (exact) mass is 287 g/mol. The molecule has 0 spiro atoms. The third-order valence-corrected chi connectivity index (χ3v) is 4.66. The van der Waals surface area contributed by atoms with Gasteiger partial charge < -0.3 is 10.2 Å². The van der Waals surface area contributed by atoms with Gasteiger partial charge in [-0.25, -0.2) is 4.98 Å². The van der Waals surface area contributed by atoms with Crippen molar-refractivity contribution in [3.8, 4) is 0 Å². The highest BCUT2D eigenvalue weighted by Crippen LogP contribution is 2.29. The van der Waals surface area contributed by atoms with E-state index >= 15 is 0 Å². The third-order valence-electron chi connectivity index (χ3n) is 3.45. The number of nitrogens with one attached hydrogen (secondary N) is 1. The number of nitrogens with zero attached hydrogens (tertiary/aromatic N) is 2. The lowest BCUT2D eigenvalue weighted by molar-refractivity contribution is 0.316. The van der Waals surface area contributed by atoms with Crippen LogP contribution < -0.4 is 0 Å². The van der Waals surface area contributed by atoms with E-state index in [4.69, 9.17) is 0 Å². The van der Waals surface area contributed by atoms with Crippen molar-refractivity contribution in [1.29, 1.82) is 0 Å². The molecule has 2 aromatic rings. The number of hydrogen-bond acceptors (Lipinski definition) is 4. The predicted octanol–water partition coefficient (Wildman–Crippen LogP) is 3.98. The fraction of sp³-hybridized carbons (Fsp3) is 0.333. The molecule has 4 nitrogen and oxygen atoms in total. The molecule has 0 radical (unpaired) electrons. The lowest BCUT2D eigenvalue weighted by atomic mass is 10.0. The quantitative estimate of drug-likeness (QED) is 0.499. The Morgan fingerprint density at radius 3 is 2.95 bits per heavy atom. The Balaban J connectivity index is 1.82. The van der Waals surface area contributed by atoms with E-state index in [1.807, 2.05) is 24.3 Å². The Morgan fingerprint density at radius 1 is 1.25 bits per heavy atom. The van der Waals surface area contributed by atoms with E-state index in [-0.39, 0.29) is 5.25 Å². The SMILES string of the molecule is O/N=C1/CC/C=C\CCC1Sc1nc2ccccc2[nH]1. The molecule has 1 aliphatic carbocycles. The van der Waals surface area contributed by atoms with Gasteiger partial charge in [0.25, 0.3) is 0 Å². The van der Waals surface area contributed by atoms with Crippen molar-refractivity contribution < 1.29 is 5.21 Å². The minimum atomic E-state index is 0.186. The van der Waals surface area contributed by atoms with E-state index in [1.165, 1.54) is 0 Å². The molecule has 2 N–H and O–H groups in total. The highest BCUT2D eigenvalue weighted by molar-refractivity contribution is 8.00. The van der Waals surface area contributed by atoms with Gasteiger partial charge in [0, 0.05) is 0 Å². The van der Waals surface area contributed by atoms with Crippen LogP contribution in [0.25, 0.3) is 11.0 Å². The van der Waals surface area contributed by atoms with Crippen molar-refractivity contribution in [2.45, 2.75) is 36.1 Å². The van der Waals surface area contributed by atoms with Crippen LogP contribution in [0.4, 0.5) is 0 Å². The van der Waals surface area contributed by atoms with E-state index in [2.05, 4.69) is 27.3 Å². The lowest BCUT2D eigenvalue weighted by Crippen LogP contribution is -2.18. The third kappa shape index (κ3) is 2.88. The largest absolute Gasteiger partial charge is 0.411 e. The Kier molecular flexibility index (Phi) is 4.06. The molecule has 5 heteroatoms. The van der Waals surface area contributed by atoms with Crippen LogP contribution in [-0.4, -0.2) is 26.1 Å². The molecule has 104 valence electrons. The van der Waals surface area contributed by atoms with E-state index in [0.29, 0.717) is 0 Å². The Bertz CT molecular complexity index is 614. The standard InChI is InChI=1S/C15H17N3OS/c19-18-13-9-3-1-2-4-10-14(13)20-15-16-11-7-5-6-8-12(11)17-15/h1-2,5-8,14,19H,3-4,9-10H2,(H,16,17)/b2-1-,18-13-. The zero-order chi connectivity index (χ0) is 13.8. The first-order valence-corrected chi connectivity index (χ1v) is 7.72. The van der Waals surface area contributed by atoms with E-state index < -0.39 is 0 Å². The summed E-state index contributed by atoms with van der Waals surface area (Å²) >= 11 is 1.65. The Labute approximate surface area is 122 Å². The smallest absolute Gasteiger partial charge is 0.167 e. The number of oxime groups is 1. The van der Waals surface area contributed by atoms with Gasteiger partial charge in [-0.1, -0.05) is 41.2 Å². The van der Waals surface area contributed by atoms with E-state index in [0.717, 1.165) is 47.6 Å². The maximum atomic E-state index is 9.22. The summed E-state index contributed by atoms with van der Waals surface area (Å²) in [6.45, 7) is 0. The number of H-pyrrole nitrogens is 1. The number of hydrogen-bond donors (Lipinski definition) is 2. The summed E-state index contributed by atoms with van der Waals surface area (Å²) in [5.74, 6) is 0. The number of aromatic nitrogens is 2. The highest BCUT2D eigenvalue weighted by Gasteiger charge is 2.20. The summed E-state index contributed by atoms with van der Waals surface area (Å²) in [6, 6.07) is 8.00. The van der Waals surface area contributed by atoms with Gasteiger partial charge in [0.05, 0.1) is 22.0 Å². The van der Waals surface area contributed by atoms with Crippen molar-refractivity contribution >= 4 is 28.5 Å². The average molecular weight is 287 g/mol. The van der Waals surface area contributed by atoms with Crippen molar-refractivity contribution in [3.63, 3.8) is 0 Å². The number of rotatable bonds is 2. The van der Waals surface area contributed by atoms with Crippen LogP contribution >= 0.6 is 11.8 Å². The van der Waals surface area contributed by atoms with Gasteiger partial charge in [-0.2, -0.15) is 0 Å². The first-order valence-electron chi connectivity index (χ1n) is 6.84. The van der Waals surface area contributed by atoms with Crippen molar-refractivity contribution in [3.05, 3.63) is 36.4 Å². The lowest BCUT2D eigenvalue weighted by Gasteiger charge is -2.17. The number of benzene rings is 1. The maximum Gasteiger partial charge on any atom is 0.167 e. The highest BCUT2D eigenvalue weighted by atomic mass is 32.2. The Hall–Kier alpha value is -1.75. The second kappa shape index (κ2) is 6.13. The van der Waals surface area contributed by atoms with Crippen molar-refractivity contribution in [2.24, 2.45) is 5.16 Å².